The fourth-order valence-corrected chi connectivity index (χ4v) is 2.85. The van der Waals surface area contributed by atoms with Crippen LogP contribution in [0.2, 0.25) is 5.02 Å². The Balaban J connectivity index is 2.68. The van der Waals surface area contributed by atoms with E-state index in [-0.39, 0.29) is 6.61 Å². The van der Waals surface area contributed by atoms with Crippen molar-refractivity contribution in [3.8, 4) is 11.3 Å². The highest BCUT2D eigenvalue weighted by atomic mass is 35.5. The van der Waals surface area contributed by atoms with Gasteiger partial charge in [-0.25, -0.2) is 0 Å². The Morgan fingerprint density at radius 2 is 1.75 bits per heavy atom. The quantitative estimate of drug-likeness (QED) is 0.909. The highest BCUT2D eigenvalue weighted by Gasteiger charge is 2.14. The Morgan fingerprint density at radius 3 is 2.20 bits per heavy atom. The molecule has 1 heterocycles. The summed E-state index contributed by atoms with van der Waals surface area (Å²) in [6.07, 6.45) is 1.92. The van der Waals surface area contributed by atoms with Crippen LogP contribution in [0, 0.1) is 6.92 Å². The van der Waals surface area contributed by atoms with Gasteiger partial charge in [0.15, 0.2) is 0 Å². The summed E-state index contributed by atoms with van der Waals surface area (Å²) in [5.74, 6) is 0. The molecule has 2 rings (SSSR count). The van der Waals surface area contributed by atoms with Crippen LogP contribution in [-0.4, -0.2) is 10.1 Å². The maximum atomic E-state index is 9.34. The Kier molecular flexibility index (Phi) is 4.79. The molecule has 3 heteroatoms. The average Bonchev–Trinajstić information content (AvgIpc) is 2.45. The van der Waals surface area contributed by atoms with Crippen molar-refractivity contribution in [2.45, 2.75) is 40.2 Å². The van der Waals surface area contributed by atoms with E-state index in [4.69, 9.17) is 11.6 Å². The van der Waals surface area contributed by atoms with Gasteiger partial charge in [0, 0.05) is 16.8 Å². The summed E-state index contributed by atoms with van der Waals surface area (Å²) in [6, 6.07) is 8.24. The summed E-state index contributed by atoms with van der Waals surface area (Å²) < 4.78 is 0. The number of hydrogen-bond acceptors (Lipinski definition) is 2. The lowest BCUT2D eigenvalue weighted by Gasteiger charge is -2.15. The molecule has 1 aromatic heterocycles. The van der Waals surface area contributed by atoms with Gasteiger partial charge in [-0.15, -0.1) is 0 Å². The van der Waals surface area contributed by atoms with Crippen molar-refractivity contribution >= 4 is 11.6 Å². The third-order valence-electron chi connectivity index (χ3n) is 3.69. The molecule has 0 bridgehead atoms. The van der Waals surface area contributed by atoms with Gasteiger partial charge in [-0.2, -0.15) is 0 Å². The maximum absolute atomic E-state index is 9.34. The Morgan fingerprint density at radius 1 is 1.15 bits per heavy atom. The average molecular weight is 290 g/mol. The van der Waals surface area contributed by atoms with Crippen molar-refractivity contribution in [3.63, 3.8) is 0 Å². The lowest BCUT2D eigenvalue weighted by atomic mass is 9.94. The zero-order chi connectivity index (χ0) is 14.7. The third-order valence-corrected chi connectivity index (χ3v) is 4.03. The fourth-order valence-electron chi connectivity index (χ4n) is 2.55. The summed E-state index contributed by atoms with van der Waals surface area (Å²) in [6.45, 7) is 6.11. The smallest absolute Gasteiger partial charge is 0.0725 e. The number of aromatic nitrogens is 1. The van der Waals surface area contributed by atoms with Crippen LogP contribution in [0.4, 0.5) is 0 Å². The minimum atomic E-state index is -0.0754. The van der Waals surface area contributed by atoms with Crippen molar-refractivity contribution in [1.82, 2.24) is 4.98 Å². The van der Waals surface area contributed by atoms with E-state index < -0.39 is 0 Å². The van der Waals surface area contributed by atoms with Crippen LogP contribution in [0.5, 0.6) is 0 Å². The largest absolute Gasteiger partial charge is 0.392 e. The molecule has 0 aliphatic heterocycles. The molecular weight excluding hydrogens is 270 g/mol. The maximum Gasteiger partial charge on any atom is 0.0725 e. The van der Waals surface area contributed by atoms with Gasteiger partial charge in [-0.3, -0.25) is 4.98 Å². The topological polar surface area (TPSA) is 33.1 Å². The van der Waals surface area contributed by atoms with Crippen LogP contribution in [0.1, 0.15) is 36.2 Å². The van der Waals surface area contributed by atoms with Crippen LogP contribution in [0.25, 0.3) is 11.3 Å². The summed E-state index contributed by atoms with van der Waals surface area (Å²) in [7, 11) is 0. The van der Waals surface area contributed by atoms with Crippen LogP contribution < -0.4 is 0 Å². The molecule has 1 N–H and O–H groups in total. The van der Waals surface area contributed by atoms with Gasteiger partial charge in [-0.1, -0.05) is 43.6 Å². The molecule has 2 nitrogen and oxygen atoms in total. The molecule has 0 amide bonds. The number of rotatable bonds is 4. The van der Waals surface area contributed by atoms with E-state index in [0.29, 0.717) is 10.6 Å². The Labute approximate surface area is 125 Å². The number of halogens is 1. The van der Waals surface area contributed by atoms with E-state index in [1.165, 1.54) is 16.7 Å². The summed E-state index contributed by atoms with van der Waals surface area (Å²) in [5.41, 5.74) is 6.16. The standard InChI is InChI=1S/C17H20ClNO/c1-4-12-7-6-8-13(5-2)17(12)16-9-15(18)14(10-20)11(3)19-16/h6-9,20H,4-5,10H2,1-3H3. The van der Waals surface area contributed by atoms with Gasteiger partial charge in [0.2, 0.25) is 0 Å². The van der Waals surface area contributed by atoms with E-state index in [1.54, 1.807) is 0 Å². The van der Waals surface area contributed by atoms with Crippen molar-refractivity contribution in [3.05, 3.63) is 51.7 Å². The minimum Gasteiger partial charge on any atom is -0.392 e. The molecule has 20 heavy (non-hydrogen) atoms. The van der Waals surface area contributed by atoms with Crippen molar-refractivity contribution < 1.29 is 5.11 Å². The van der Waals surface area contributed by atoms with Gasteiger partial charge in [-0.05, 0) is 37.0 Å². The van der Waals surface area contributed by atoms with E-state index in [2.05, 4.69) is 37.0 Å². The summed E-state index contributed by atoms with van der Waals surface area (Å²) in [5, 5.41) is 9.92. The Hall–Kier alpha value is -1.38. The molecule has 0 atom stereocenters. The highest BCUT2D eigenvalue weighted by molar-refractivity contribution is 6.31. The number of aliphatic hydroxyl groups excluding tert-OH is 1. The van der Waals surface area contributed by atoms with E-state index in [9.17, 15) is 5.11 Å². The molecule has 0 unspecified atom stereocenters. The van der Waals surface area contributed by atoms with Crippen LogP contribution in [-0.2, 0) is 19.4 Å². The molecule has 0 radical (unpaired) electrons. The normalized spacial score (nSPS) is 10.8. The lowest BCUT2D eigenvalue weighted by Crippen LogP contribution is -2.00. The predicted octanol–water partition coefficient (Wildman–Crippen LogP) is 4.33. The van der Waals surface area contributed by atoms with Gasteiger partial charge >= 0.3 is 0 Å². The molecule has 0 saturated heterocycles. The number of aliphatic hydroxyl groups is 1. The molecule has 0 aliphatic rings. The van der Waals surface area contributed by atoms with Gasteiger partial charge in [0.1, 0.15) is 0 Å². The van der Waals surface area contributed by atoms with Gasteiger partial charge < -0.3 is 5.11 Å². The molecule has 0 saturated carbocycles. The van der Waals surface area contributed by atoms with Gasteiger partial charge in [0.25, 0.3) is 0 Å². The zero-order valence-electron chi connectivity index (χ0n) is 12.2. The lowest BCUT2D eigenvalue weighted by molar-refractivity contribution is 0.280. The van der Waals surface area contributed by atoms with E-state index in [1.807, 2.05) is 13.0 Å². The first kappa shape index (κ1) is 15.0. The zero-order valence-corrected chi connectivity index (χ0v) is 13.0. The number of pyridine rings is 1. The number of hydrogen-bond donors (Lipinski definition) is 1. The molecule has 2 aromatic rings. The SMILES string of the molecule is CCc1cccc(CC)c1-c1cc(Cl)c(CO)c(C)n1. The first-order valence-corrected chi connectivity index (χ1v) is 7.38. The molecule has 0 fully saturated rings. The number of benzene rings is 1. The second-order valence-electron chi connectivity index (χ2n) is 4.87. The predicted molar refractivity (Wildman–Crippen MR) is 84.1 cm³/mol. The summed E-state index contributed by atoms with van der Waals surface area (Å²) >= 11 is 6.28. The highest BCUT2D eigenvalue weighted by Crippen LogP contribution is 2.31. The number of nitrogens with zero attached hydrogens (tertiary/aromatic N) is 1. The van der Waals surface area contributed by atoms with Crippen LogP contribution >= 0.6 is 11.6 Å². The van der Waals surface area contributed by atoms with Crippen LogP contribution in [0.15, 0.2) is 24.3 Å². The van der Waals surface area contributed by atoms with Gasteiger partial charge in [0.05, 0.1) is 17.3 Å². The molecule has 0 aliphatic carbocycles. The molecule has 1 aromatic carbocycles. The summed E-state index contributed by atoms with van der Waals surface area (Å²) in [4.78, 5) is 4.65. The Bertz CT molecular complexity index is 577. The third kappa shape index (κ3) is 2.72. The molecular formula is C17H20ClNO. The fraction of sp³-hybridized carbons (Fsp3) is 0.353. The minimum absolute atomic E-state index is 0.0754. The first-order valence-electron chi connectivity index (χ1n) is 7.00. The molecule has 0 spiro atoms. The van der Waals surface area contributed by atoms with Crippen molar-refractivity contribution in [2.24, 2.45) is 0 Å². The van der Waals surface area contributed by atoms with Crippen LogP contribution in [0.3, 0.4) is 0 Å². The monoisotopic (exact) mass is 289 g/mol. The van der Waals surface area contributed by atoms with E-state index in [0.717, 1.165) is 24.2 Å². The molecule has 106 valence electrons. The number of aryl methyl sites for hydroxylation is 3. The second kappa shape index (κ2) is 6.38. The second-order valence-corrected chi connectivity index (χ2v) is 5.28. The van der Waals surface area contributed by atoms with Crippen molar-refractivity contribution in [1.29, 1.82) is 0 Å². The van der Waals surface area contributed by atoms with Crippen molar-refractivity contribution in [2.75, 3.05) is 0 Å². The van der Waals surface area contributed by atoms with E-state index >= 15 is 0 Å². The first-order chi connectivity index (χ1) is 9.62.